The van der Waals surface area contributed by atoms with Crippen molar-refractivity contribution in [1.82, 2.24) is 52.8 Å². The molecule has 16 N–H and O–H groups in total. The van der Waals surface area contributed by atoms with Crippen molar-refractivity contribution in [3.63, 3.8) is 0 Å². The number of carbonyl (C=O) groups is 9. The molecule has 0 radical (unpaired) electrons. The summed E-state index contributed by atoms with van der Waals surface area (Å²) in [6.07, 6.45) is 0.411. The highest BCUT2D eigenvalue weighted by molar-refractivity contribution is 8.76. The van der Waals surface area contributed by atoms with Crippen LogP contribution in [-0.4, -0.2) is 153 Å². The highest BCUT2D eigenvalue weighted by atomic mass is 33.1. The summed E-state index contributed by atoms with van der Waals surface area (Å²) in [6.45, 7) is 6.10. The predicted molar refractivity (Wildman–Crippen MR) is 355 cm³/mol. The summed E-state index contributed by atoms with van der Waals surface area (Å²) < 4.78 is 0. The van der Waals surface area contributed by atoms with Gasteiger partial charge in [-0.15, -0.1) is 0 Å². The fraction of sp³-hybridized carbons (Fsp3) is 0.388. The normalized spacial score (nSPS) is 22.8. The Labute approximate surface area is 543 Å². The molecule has 1 aromatic heterocycles. The van der Waals surface area contributed by atoms with Crippen LogP contribution in [0.5, 0.6) is 0 Å². The first kappa shape index (κ1) is 70.9. The maximum Gasteiger partial charge on any atom is 0.327 e. The molecule has 7 rings (SSSR count). The van der Waals surface area contributed by atoms with E-state index in [-0.39, 0.29) is 62.6 Å². The van der Waals surface area contributed by atoms with E-state index in [4.69, 9.17) is 11.5 Å². The first-order valence-corrected chi connectivity index (χ1v) is 33.3. The molecular weight excluding hydrogens is 1210 g/mol. The Morgan fingerprint density at radius 2 is 0.913 bits per heavy atom. The number of carboxylic acids is 1. The number of aromatic nitrogens is 1. The van der Waals surface area contributed by atoms with Crippen molar-refractivity contribution >= 4 is 85.7 Å². The summed E-state index contributed by atoms with van der Waals surface area (Å²) in [6, 6.07) is 28.1. The number of hydrogen-bond donors (Lipinski definition) is 14. The molecule has 1 fully saturated rings. The maximum absolute atomic E-state index is 15.4. The van der Waals surface area contributed by atoms with Gasteiger partial charge in [-0.3, -0.25) is 38.4 Å². The zero-order valence-corrected chi connectivity index (χ0v) is 53.4. The SMILES string of the molecule is CC(C)NCc1ccc(C[C@@H]2NC(=O)[C@@H](Cc3c[nH]c4ccccc34)NC(=O)[C@H](Cc3ccccc3)NC(=O)[C@H](Cc3ccccc3)NC(=O)[C@H](CCCCN)NC(=O)[C@@H](N)CSSC[C@@H](C(=O)O)NC(=O)[C@H](Cc3ccccc3)NC(=O)[C@@H]([C@@H](C)O)NC2=O)cc1. The minimum Gasteiger partial charge on any atom is -0.480 e. The number of fused-ring (bicyclic) bond motifs is 1. The number of unbranched alkanes of at least 4 members (excludes halogenated alkanes) is 1. The van der Waals surface area contributed by atoms with Gasteiger partial charge in [0.15, 0.2) is 0 Å². The van der Waals surface area contributed by atoms with Crippen LogP contribution < -0.4 is 59.3 Å². The van der Waals surface area contributed by atoms with Crippen molar-refractivity contribution in [2.75, 3.05) is 18.1 Å². The summed E-state index contributed by atoms with van der Waals surface area (Å²) in [4.78, 5) is 134. The molecule has 0 bridgehead atoms. The van der Waals surface area contributed by atoms with Crippen molar-refractivity contribution in [3.8, 4) is 0 Å². The van der Waals surface area contributed by atoms with Gasteiger partial charge in [0.1, 0.15) is 48.3 Å². The van der Waals surface area contributed by atoms with E-state index in [0.717, 1.165) is 38.1 Å². The van der Waals surface area contributed by atoms with Gasteiger partial charge in [-0.25, -0.2) is 4.79 Å². The first-order valence-electron chi connectivity index (χ1n) is 30.8. The fourth-order valence-electron chi connectivity index (χ4n) is 10.3. The van der Waals surface area contributed by atoms with Gasteiger partial charge in [0, 0.05) is 73.3 Å². The molecule has 0 spiro atoms. The van der Waals surface area contributed by atoms with Gasteiger partial charge in [-0.2, -0.15) is 0 Å². The number of para-hydroxylation sites is 1. The minimum absolute atomic E-state index is 0.0649. The summed E-state index contributed by atoms with van der Waals surface area (Å²) in [7, 11) is 2.03. The molecule has 1 saturated heterocycles. The number of aliphatic carboxylic acids is 1. The number of carboxylic acid groups (broad SMARTS) is 1. The summed E-state index contributed by atoms with van der Waals surface area (Å²) in [5, 5.41) is 47.7. The van der Waals surface area contributed by atoms with Gasteiger partial charge < -0.3 is 74.5 Å². The first-order chi connectivity index (χ1) is 44.2. The van der Waals surface area contributed by atoms with Gasteiger partial charge in [-0.1, -0.05) is 169 Å². The van der Waals surface area contributed by atoms with E-state index in [1.54, 1.807) is 109 Å². The average Bonchev–Trinajstić information content (AvgIpc) is 1.80. The number of carbonyl (C=O) groups excluding carboxylic acids is 8. The highest BCUT2D eigenvalue weighted by Gasteiger charge is 2.37. The maximum atomic E-state index is 15.4. The van der Waals surface area contributed by atoms with Crippen molar-refractivity contribution in [2.45, 2.75) is 145 Å². The van der Waals surface area contributed by atoms with Gasteiger partial charge in [0.2, 0.25) is 47.3 Å². The fourth-order valence-corrected chi connectivity index (χ4v) is 12.6. The third-order valence-corrected chi connectivity index (χ3v) is 17.9. The van der Waals surface area contributed by atoms with Crippen LogP contribution in [-0.2, 0) is 81.8 Å². The van der Waals surface area contributed by atoms with Crippen LogP contribution in [0.2, 0.25) is 0 Å². The number of hydrogen-bond acceptors (Lipinski definition) is 15. The van der Waals surface area contributed by atoms with Crippen LogP contribution in [0, 0.1) is 0 Å². The number of aromatic amines is 1. The Balaban J connectivity index is 1.31. The molecule has 25 heteroatoms. The third kappa shape index (κ3) is 22.1. The largest absolute Gasteiger partial charge is 0.480 e. The lowest BCUT2D eigenvalue weighted by molar-refractivity contribution is -0.141. The minimum atomic E-state index is -1.77. The summed E-state index contributed by atoms with van der Waals surface area (Å²) in [5.41, 5.74) is 16.9. The van der Waals surface area contributed by atoms with Crippen molar-refractivity contribution in [2.24, 2.45) is 11.5 Å². The molecular formula is C67H84N12O11S2. The van der Waals surface area contributed by atoms with Crippen LogP contribution in [0.1, 0.15) is 73.4 Å². The Bertz CT molecular complexity index is 3420. The van der Waals surface area contributed by atoms with E-state index in [1.807, 2.05) is 50.2 Å². The van der Waals surface area contributed by atoms with Crippen LogP contribution in [0.15, 0.2) is 146 Å². The van der Waals surface area contributed by atoms with Crippen molar-refractivity contribution in [3.05, 3.63) is 179 Å². The quantitative estimate of drug-likeness (QED) is 0.0409. The molecule has 10 atom stereocenters. The number of rotatable bonds is 19. The number of benzene rings is 5. The standard InChI is InChI=1S/C67H84N12O11S2/c1-40(2)70-36-46-28-26-45(27-29-46)34-55-65(87)79-58(41(3)80)66(88)77-54(33-44-21-11-6-12-22-44)63(85)78-57(67(89)90)39-92-91-38-49(69)59(81)72-51(25-15-16-30-68)60(82)73-52(31-42-17-7-4-8-18-42)61(83)74-53(32-43-19-9-5-10-20-43)62(84)76-56(64(86)75-55)35-47-37-71-50-24-14-13-23-48(47)50/h4-14,17-24,26-29,37,40-41,49,51-58,70-71,80H,15-16,25,30-36,38-39,68-69H2,1-3H3,(H,72,81)(H,73,82)(H,74,83)(H,75,86)(H,76,84)(H,77,88)(H,78,85)(H,79,87)(H,89,90)/t41-,49+,51+,52+,53+,54+,55+,56-,57+,58-/m1/s1. The molecule has 0 unspecified atom stereocenters. The van der Waals surface area contributed by atoms with E-state index in [9.17, 15) is 34.2 Å². The second-order valence-corrected chi connectivity index (χ2v) is 25.7. The van der Waals surface area contributed by atoms with E-state index in [1.165, 1.54) is 6.92 Å². The number of nitrogens with two attached hydrogens (primary N) is 2. The zero-order chi connectivity index (χ0) is 66.1. The van der Waals surface area contributed by atoms with Crippen LogP contribution in [0.4, 0.5) is 0 Å². The average molecular weight is 1300 g/mol. The molecule has 23 nitrogen and oxygen atoms in total. The predicted octanol–water partition coefficient (Wildman–Crippen LogP) is 2.37. The Morgan fingerprint density at radius 1 is 0.500 bits per heavy atom. The molecule has 0 aliphatic carbocycles. The van der Waals surface area contributed by atoms with E-state index < -0.39 is 114 Å². The Hall–Kier alpha value is -8.59. The van der Waals surface area contributed by atoms with Crippen molar-refractivity contribution in [1.29, 1.82) is 0 Å². The Morgan fingerprint density at radius 3 is 1.40 bits per heavy atom. The van der Waals surface area contributed by atoms with E-state index in [0.29, 0.717) is 47.2 Å². The lowest BCUT2D eigenvalue weighted by Crippen LogP contribution is -2.62. The summed E-state index contributed by atoms with van der Waals surface area (Å²) in [5.74, 6) is -8.51. The number of aliphatic hydroxyl groups excluding tert-OH is 1. The molecule has 490 valence electrons. The molecule has 1 aliphatic rings. The van der Waals surface area contributed by atoms with Crippen LogP contribution >= 0.6 is 21.6 Å². The summed E-state index contributed by atoms with van der Waals surface area (Å²) >= 11 is 0. The van der Waals surface area contributed by atoms with Gasteiger partial charge in [0.25, 0.3) is 0 Å². The molecule has 5 aromatic carbocycles. The molecule has 92 heavy (non-hydrogen) atoms. The second-order valence-electron chi connectivity index (χ2n) is 23.1. The molecule has 2 heterocycles. The number of amides is 8. The monoisotopic (exact) mass is 1300 g/mol. The lowest BCUT2D eigenvalue weighted by Gasteiger charge is -2.29. The van der Waals surface area contributed by atoms with Crippen molar-refractivity contribution < 1.29 is 53.4 Å². The van der Waals surface area contributed by atoms with Crippen LogP contribution in [0.25, 0.3) is 10.9 Å². The van der Waals surface area contributed by atoms with Gasteiger partial charge in [0.05, 0.1) is 12.1 Å². The topological polar surface area (TPSA) is 370 Å². The highest BCUT2D eigenvalue weighted by Crippen LogP contribution is 2.24. The third-order valence-electron chi connectivity index (χ3n) is 15.4. The number of nitrogens with one attached hydrogen (secondary N) is 10. The smallest absolute Gasteiger partial charge is 0.327 e. The number of H-pyrrole nitrogens is 1. The second kappa shape index (κ2) is 35.9. The molecule has 6 aromatic rings. The molecule has 1 aliphatic heterocycles. The van der Waals surface area contributed by atoms with Gasteiger partial charge in [-0.05, 0) is 72.2 Å². The van der Waals surface area contributed by atoms with E-state index in [2.05, 4.69) is 52.8 Å². The zero-order valence-electron chi connectivity index (χ0n) is 51.7. The van der Waals surface area contributed by atoms with Gasteiger partial charge >= 0.3 is 5.97 Å². The molecule has 0 saturated carbocycles. The van der Waals surface area contributed by atoms with E-state index >= 15 is 19.2 Å². The Kier molecular flexibility index (Phi) is 27.6. The number of aliphatic hydroxyl groups is 1. The van der Waals surface area contributed by atoms with Crippen LogP contribution in [0.3, 0.4) is 0 Å². The molecule has 8 amide bonds. The lowest BCUT2D eigenvalue weighted by atomic mass is 9.99.